The summed E-state index contributed by atoms with van der Waals surface area (Å²) in [5.74, 6) is 0. The Morgan fingerprint density at radius 1 is 1.31 bits per heavy atom. The molecule has 0 aliphatic carbocycles. The highest BCUT2D eigenvalue weighted by Crippen LogP contribution is 2.34. The fourth-order valence-corrected chi connectivity index (χ4v) is 2.02. The molecule has 0 heterocycles. The first-order chi connectivity index (χ1) is 7.40. The number of anilines is 1. The molecule has 0 aliphatic heterocycles. The number of rotatable bonds is 5. The van der Waals surface area contributed by atoms with Crippen molar-refractivity contribution >= 4 is 13.3 Å². The van der Waals surface area contributed by atoms with E-state index in [9.17, 15) is 4.57 Å². The van der Waals surface area contributed by atoms with Crippen molar-refractivity contribution in [1.82, 2.24) is 0 Å². The molecular weight excluding hydrogens is 225 g/mol. The lowest BCUT2D eigenvalue weighted by atomic mass is 10.1. The van der Waals surface area contributed by atoms with Crippen LogP contribution in [0.1, 0.15) is 17.5 Å². The molecule has 0 aromatic heterocycles. The Hall–Kier alpha value is -0.830. The van der Waals surface area contributed by atoms with Gasteiger partial charge in [0.15, 0.2) is 0 Å². The molecule has 16 heavy (non-hydrogen) atoms. The summed E-state index contributed by atoms with van der Waals surface area (Å²) >= 11 is 0. The van der Waals surface area contributed by atoms with Crippen LogP contribution in [-0.4, -0.2) is 22.5 Å². The van der Waals surface area contributed by atoms with Crippen LogP contribution in [0.5, 0.6) is 0 Å². The summed E-state index contributed by atoms with van der Waals surface area (Å²) in [5.41, 5.74) is 3.42. The standard InChI is InChI=1S/C11H18NO3P/c1-9-5-3-6-11(10(9)2)12-7-4-8-16(13,14)15/h3,5-6,12H,4,7-8H2,1-2H3,(H2,13,14,15). The lowest BCUT2D eigenvalue weighted by molar-refractivity contribution is 0.372. The van der Waals surface area contributed by atoms with Gasteiger partial charge in [-0.2, -0.15) is 0 Å². The number of aryl methyl sites for hydroxylation is 1. The van der Waals surface area contributed by atoms with Crippen molar-refractivity contribution in [2.24, 2.45) is 0 Å². The van der Waals surface area contributed by atoms with Gasteiger partial charge in [0.05, 0.1) is 6.16 Å². The molecule has 1 aromatic rings. The summed E-state index contributed by atoms with van der Waals surface area (Å²) in [5, 5.41) is 3.18. The summed E-state index contributed by atoms with van der Waals surface area (Å²) in [6.45, 7) is 4.65. The monoisotopic (exact) mass is 243 g/mol. The van der Waals surface area contributed by atoms with Gasteiger partial charge in [0.1, 0.15) is 0 Å². The Kier molecular flexibility index (Phi) is 4.54. The Morgan fingerprint density at radius 3 is 2.62 bits per heavy atom. The van der Waals surface area contributed by atoms with Gasteiger partial charge in [0.25, 0.3) is 0 Å². The van der Waals surface area contributed by atoms with Gasteiger partial charge in [-0.1, -0.05) is 12.1 Å². The van der Waals surface area contributed by atoms with Crippen molar-refractivity contribution in [3.63, 3.8) is 0 Å². The second-order valence-electron chi connectivity index (χ2n) is 3.92. The van der Waals surface area contributed by atoms with E-state index >= 15 is 0 Å². The van der Waals surface area contributed by atoms with E-state index in [1.807, 2.05) is 32.0 Å². The van der Waals surface area contributed by atoms with E-state index in [1.54, 1.807) is 0 Å². The molecule has 0 spiro atoms. The summed E-state index contributed by atoms with van der Waals surface area (Å²) in [4.78, 5) is 17.4. The van der Waals surface area contributed by atoms with Crippen LogP contribution < -0.4 is 5.32 Å². The van der Waals surface area contributed by atoms with Gasteiger partial charge < -0.3 is 15.1 Å². The van der Waals surface area contributed by atoms with Crippen LogP contribution in [0.25, 0.3) is 0 Å². The van der Waals surface area contributed by atoms with Crippen LogP contribution >= 0.6 is 7.60 Å². The first-order valence-electron chi connectivity index (χ1n) is 5.25. The van der Waals surface area contributed by atoms with Crippen LogP contribution in [0, 0.1) is 13.8 Å². The summed E-state index contributed by atoms with van der Waals surface area (Å²) in [6.07, 6.45) is 0.405. The largest absolute Gasteiger partial charge is 0.385 e. The molecule has 0 saturated carbocycles. The molecular formula is C11H18NO3P. The van der Waals surface area contributed by atoms with Crippen molar-refractivity contribution < 1.29 is 14.4 Å². The summed E-state index contributed by atoms with van der Waals surface area (Å²) in [6, 6.07) is 5.98. The number of hydrogen-bond acceptors (Lipinski definition) is 2. The maximum absolute atomic E-state index is 10.6. The molecule has 0 unspecified atom stereocenters. The third-order valence-corrected chi connectivity index (χ3v) is 3.45. The van der Waals surface area contributed by atoms with Gasteiger partial charge >= 0.3 is 7.60 Å². The predicted molar refractivity (Wildman–Crippen MR) is 65.9 cm³/mol. The van der Waals surface area contributed by atoms with Crippen LogP contribution in [0.4, 0.5) is 5.69 Å². The van der Waals surface area contributed by atoms with Crippen molar-refractivity contribution in [2.45, 2.75) is 20.3 Å². The molecule has 0 saturated heterocycles. The predicted octanol–water partition coefficient (Wildman–Crippen LogP) is 2.28. The normalized spacial score (nSPS) is 11.5. The van der Waals surface area contributed by atoms with Crippen LogP contribution in [0.3, 0.4) is 0 Å². The van der Waals surface area contributed by atoms with Crippen LogP contribution in [-0.2, 0) is 4.57 Å². The quantitative estimate of drug-likeness (QED) is 0.548. The lowest BCUT2D eigenvalue weighted by Crippen LogP contribution is -2.05. The van der Waals surface area contributed by atoms with Gasteiger partial charge in [-0.15, -0.1) is 0 Å². The van der Waals surface area contributed by atoms with E-state index in [1.165, 1.54) is 11.1 Å². The average molecular weight is 243 g/mol. The highest BCUT2D eigenvalue weighted by atomic mass is 31.2. The second kappa shape index (κ2) is 5.48. The first kappa shape index (κ1) is 13.2. The number of benzene rings is 1. The zero-order chi connectivity index (χ0) is 12.2. The second-order valence-corrected chi connectivity index (χ2v) is 5.69. The SMILES string of the molecule is Cc1cccc(NCCCP(=O)(O)O)c1C. The third kappa shape index (κ3) is 4.35. The molecule has 0 fully saturated rings. The molecule has 0 aliphatic rings. The zero-order valence-electron chi connectivity index (χ0n) is 9.60. The maximum Gasteiger partial charge on any atom is 0.325 e. The lowest BCUT2D eigenvalue weighted by Gasteiger charge is -2.11. The molecule has 1 aromatic carbocycles. The van der Waals surface area contributed by atoms with Crippen LogP contribution in [0.15, 0.2) is 18.2 Å². The Bertz CT molecular complexity index is 400. The highest BCUT2D eigenvalue weighted by molar-refractivity contribution is 7.51. The average Bonchev–Trinajstić information content (AvgIpc) is 2.17. The van der Waals surface area contributed by atoms with E-state index in [2.05, 4.69) is 5.32 Å². The van der Waals surface area contributed by atoms with E-state index in [0.29, 0.717) is 13.0 Å². The van der Waals surface area contributed by atoms with E-state index in [-0.39, 0.29) is 6.16 Å². The molecule has 0 amide bonds. The van der Waals surface area contributed by atoms with Gasteiger partial charge in [-0.3, -0.25) is 4.57 Å². The molecule has 3 N–H and O–H groups in total. The Labute approximate surface area is 95.9 Å². The Balaban J connectivity index is 2.44. The zero-order valence-corrected chi connectivity index (χ0v) is 10.5. The maximum atomic E-state index is 10.6. The van der Waals surface area contributed by atoms with E-state index in [4.69, 9.17) is 9.79 Å². The number of nitrogens with one attached hydrogen (secondary N) is 1. The highest BCUT2D eigenvalue weighted by Gasteiger charge is 2.11. The molecule has 0 bridgehead atoms. The van der Waals surface area contributed by atoms with Gasteiger partial charge in [-0.25, -0.2) is 0 Å². The molecule has 5 heteroatoms. The van der Waals surface area contributed by atoms with Crippen LogP contribution in [0.2, 0.25) is 0 Å². The summed E-state index contributed by atoms with van der Waals surface area (Å²) < 4.78 is 10.6. The van der Waals surface area contributed by atoms with Crippen molar-refractivity contribution in [3.8, 4) is 0 Å². The number of hydrogen-bond donors (Lipinski definition) is 3. The minimum atomic E-state index is -3.85. The van der Waals surface area contributed by atoms with Gasteiger partial charge in [0, 0.05) is 12.2 Å². The fourth-order valence-electron chi connectivity index (χ4n) is 1.45. The molecule has 0 atom stereocenters. The topological polar surface area (TPSA) is 69.6 Å². The van der Waals surface area contributed by atoms with E-state index < -0.39 is 7.60 Å². The van der Waals surface area contributed by atoms with Crippen molar-refractivity contribution in [2.75, 3.05) is 18.0 Å². The van der Waals surface area contributed by atoms with E-state index in [0.717, 1.165) is 5.69 Å². The molecule has 1 rings (SSSR count). The molecule has 90 valence electrons. The van der Waals surface area contributed by atoms with Crippen molar-refractivity contribution in [3.05, 3.63) is 29.3 Å². The fraction of sp³-hybridized carbons (Fsp3) is 0.455. The smallest absolute Gasteiger partial charge is 0.325 e. The molecule has 4 nitrogen and oxygen atoms in total. The van der Waals surface area contributed by atoms with Crippen molar-refractivity contribution in [1.29, 1.82) is 0 Å². The Morgan fingerprint density at radius 2 is 2.00 bits per heavy atom. The first-order valence-corrected chi connectivity index (χ1v) is 7.04. The van der Waals surface area contributed by atoms with Gasteiger partial charge in [0.2, 0.25) is 0 Å². The minimum absolute atomic E-state index is 0.0646. The third-order valence-electron chi connectivity index (χ3n) is 2.55. The molecule has 0 radical (unpaired) electrons. The van der Waals surface area contributed by atoms with Gasteiger partial charge in [-0.05, 0) is 37.5 Å². The summed E-state index contributed by atoms with van der Waals surface area (Å²) in [7, 11) is -3.85. The minimum Gasteiger partial charge on any atom is -0.385 e.